The second-order valence-corrected chi connectivity index (χ2v) is 7.04. The third kappa shape index (κ3) is 2.31. The molecular weight excluding hydrogens is 292 g/mol. The average molecular weight is 308 g/mol. The zero-order valence-electron chi connectivity index (χ0n) is 11.2. The first-order valence-electron chi connectivity index (χ1n) is 6.49. The first-order valence-corrected chi connectivity index (χ1v) is 8.87. The smallest absolute Gasteiger partial charge is 0.322 e. The fraction of sp³-hybridized carbons (Fsp3) is 0.429. The number of rotatable bonds is 3. The highest BCUT2D eigenvalue weighted by molar-refractivity contribution is 7.99. The molecule has 1 aromatic carbocycles. The SMILES string of the molecule is CSc1ccc(CN2C(=O)N[C@@]3(CCSC3)C2=O)cc1. The third-order valence-electron chi connectivity index (χ3n) is 3.77. The number of thioether (sulfide) groups is 2. The molecule has 1 atom stereocenters. The number of imide groups is 1. The largest absolute Gasteiger partial charge is 0.325 e. The van der Waals surface area contributed by atoms with Crippen molar-refractivity contribution < 1.29 is 9.59 Å². The van der Waals surface area contributed by atoms with Crippen molar-refractivity contribution in [1.82, 2.24) is 10.2 Å². The molecule has 2 aliphatic heterocycles. The number of hydrogen-bond donors (Lipinski definition) is 1. The van der Waals surface area contributed by atoms with Crippen LogP contribution in [-0.4, -0.2) is 40.1 Å². The Balaban J connectivity index is 1.76. The lowest BCUT2D eigenvalue weighted by Gasteiger charge is -2.19. The van der Waals surface area contributed by atoms with E-state index in [1.165, 1.54) is 9.80 Å². The van der Waals surface area contributed by atoms with Crippen LogP contribution in [0.4, 0.5) is 4.79 Å². The molecule has 0 aliphatic carbocycles. The Kier molecular flexibility index (Phi) is 3.69. The normalized spacial score (nSPS) is 25.6. The third-order valence-corrected chi connectivity index (χ3v) is 5.70. The van der Waals surface area contributed by atoms with Crippen LogP contribution in [0.5, 0.6) is 0 Å². The van der Waals surface area contributed by atoms with Crippen LogP contribution in [0.25, 0.3) is 0 Å². The first kappa shape index (κ1) is 13.8. The van der Waals surface area contributed by atoms with Crippen LogP contribution in [0.15, 0.2) is 29.2 Å². The Hall–Kier alpha value is -1.14. The molecule has 0 bridgehead atoms. The molecule has 106 valence electrons. The Bertz CT molecular complexity index is 539. The zero-order valence-corrected chi connectivity index (χ0v) is 12.9. The minimum absolute atomic E-state index is 0.0681. The summed E-state index contributed by atoms with van der Waals surface area (Å²) >= 11 is 3.40. The summed E-state index contributed by atoms with van der Waals surface area (Å²) in [4.78, 5) is 27.1. The van der Waals surface area contributed by atoms with Crippen molar-refractivity contribution in [3.63, 3.8) is 0 Å². The predicted molar refractivity (Wildman–Crippen MR) is 82.0 cm³/mol. The maximum atomic E-state index is 12.5. The molecule has 0 unspecified atom stereocenters. The van der Waals surface area contributed by atoms with Crippen LogP contribution in [-0.2, 0) is 11.3 Å². The highest BCUT2D eigenvalue weighted by atomic mass is 32.2. The molecule has 4 nitrogen and oxygen atoms in total. The summed E-state index contributed by atoms with van der Waals surface area (Å²) in [6, 6.07) is 7.72. The number of benzene rings is 1. The van der Waals surface area contributed by atoms with Crippen molar-refractivity contribution in [3.05, 3.63) is 29.8 Å². The summed E-state index contributed by atoms with van der Waals surface area (Å²) in [6.07, 6.45) is 2.76. The molecule has 3 amide bonds. The van der Waals surface area contributed by atoms with E-state index < -0.39 is 5.54 Å². The highest BCUT2D eigenvalue weighted by Crippen LogP contribution is 2.34. The molecule has 0 aromatic heterocycles. The van der Waals surface area contributed by atoms with Gasteiger partial charge in [0.2, 0.25) is 0 Å². The number of nitrogens with one attached hydrogen (secondary N) is 1. The van der Waals surface area contributed by atoms with Gasteiger partial charge in [-0.05, 0) is 36.1 Å². The maximum Gasteiger partial charge on any atom is 0.325 e. The summed E-state index contributed by atoms with van der Waals surface area (Å²) in [5.74, 6) is 1.56. The van der Waals surface area contributed by atoms with Gasteiger partial charge in [-0.3, -0.25) is 9.69 Å². The zero-order chi connectivity index (χ0) is 14.2. The fourth-order valence-corrected chi connectivity index (χ4v) is 4.30. The quantitative estimate of drug-likeness (QED) is 0.688. The number of urea groups is 1. The van der Waals surface area contributed by atoms with Gasteiger partial charge in [0.1, 0.15) is 5.54 Å². The number of carbonyl (C=O) groups excluding carboxylic acids is 2. The summed E-state index contributed by atoms with van der Waals surface area (Å²) in [5.41, 5.74) is 0.343. The molecule has 1 N–H and O–H groups in total. The topological polar surface area (TPSA) is 49.4 Å². The monoisotopic (exact) mass is 308 g/mol. The number of amides is 3. The van der Waals surface area contributed by atoms with Gasteiger partial charge in [-0.1, -0.05) is 12.1 Å². The van der Waals surface area contributed by atoms with E-state index in [2.05, 4.69) is 5.32 Å². The molecule has 20 heavy (non-hydrogen) atoms. The Labute approximate surface area is 126 Å². The molecule has 6 heteroatoms. The molecule has 2 saturated heterocycles. The van der Waals surface area contributed by atoms with Crippen LogP contribution in [0.2, 0.25) is 0 Å². The van der Waals surface area contributed by atoms with E-state index >= 15 is 0 Å². The van der Waals surface area contributed by atoms with Crippen molar-refractivity contribution in [2.75, 3.05) is 17.8 Å². The second-order valence-electron chi connectivity index (χ2n) is 5.05. The van der Waals surface area contributed by atoms with Gasteiger partial charge >= 0.3 is 6.03 Å². The summed E-state index contributed by atoms with van der Waals surface area (Å²) < 4.78 is 0. The molecule has 2 heterocycles. The van der Waals surface area contributed by atoms with Crippen molar-refractivity contribution in [2.24, 2.45) is 0 Å². The van der Waals surface area contributed by atoms with Gasteiger partial charge in [-0.2, -0.15) is 11.8 Å². The average Bonchev–Trinajstić information content (AvgIpc) is 3.01. The molecule has 1 aromatic rings. The maximum absolute atomic E-state index is 12.5. The van der Waals surface area contributed by atoms with Gasteiger partial charge in [-0.25, -0.2) is 4.79 Å². The van der Waals surface area contributed by atoms with Gasteiger partial charge in [0.05, 0.1) is 6.54 Å². The minimum atomic E-state index is -0.638. The minimum Gasteiger partial charge on any atom is -0.322 e. The molecule has 1 spiro atoms. The lowest BCUT2D eigenvalue weighted by molar-refractivity contribution is -0.130. The van der Waals surface area contributed by atoms with E-state index in [1.807, 2.05) is 30.5 Å². The van der Waals surface area contributed by atoms with Gasteiger partial charge in [-0.15, -0.1) is 11.8 Å². The van der Waals surface area contributed by atoms with Crippen LogP contribution in [0.3, 0.4) is 0 Å². The second kappa shape index (κ2) is 5.33. The fourth-order valence-electron chi connectivity index (χ4n) is 2.57. The van der Waals surface area contributed by atoms with Crippen molar-refractivity contribution >= 4 is 35.5 Å². The van der Waals surface area contributed by atoms with E-state index in [-0.39, 0.29) is 11.9 Å². The van der Waals surface area contributed by atoms with Gasteiger partial charge in [0, 0.05) is 10.6 Å². The molecule has 0 saturated carbocycles. The van der Waals surface area contributed by atoms with Crippen molar-refractivity contribution in [1.29, 1.82) is 0 Å². The van der Waals surface area contributed by atoms with Crippen molar-refractivity contribution in [2.45, 2.75) is 23.4 Å². The van der Waals surface area contributed by atoms with Crippen LogP contribution in [0.1, 0.15) is 12.0 Å². The van der Waals surface area contributed by atoms with Gasteiger partial charge in [0.15, 0.2) is 0 Å². The lowest BCUT2D eigenvalue weighted by atomic mass is 9.99. The number of hydrogen-bond acceptors (Lipinski definition) is 4. The lowest BCUT2D eigenvalue weighted by Crippen LogP contribution is -2.46. The van der Waals surface area contributed by atoms with Crippen LogP contribution in [0, 0.1) is 0 Å². The Morgan fingerprint density at radius 3 is 2.70 bits per heavy atom. The molecule has 0 radical (unpaired) electrons. The molecule has 2 aliphatic rings. The van der Waals surface area contributed by atoms with Gasteiger partial charge < -0.3 is 5.32 Å². The van der Waals surface area contributed by atoms with E-state index in [1.54, 1.807) is 23.5 Å². The summed E-state index contributed by atoms with van der Waals surface area (Å²) in [6.45, 7) is 0.353. The van der Waals surface area contributed by atoms with Gasteiger partial charge in [0.25, 0.3) is 5.91 Å². The standard InChI is InChI=1S/C14H16N2O2S2/c1-19-11-4-2-10(3-5-11)8-16-12(17)14(15-13(16)18)6-7-20-9-14/h2-5H,6-9H2,1H3,(H,15,18)/t14-/m1/s1. The van der Waals surface area contributed by atoms with E-state index in [0.717, 1.165) is 17.7 Å². The van der Waals surface area contributed by atoms with Crippen LogP contribution < -0.4 is 5.32 Å². The molecular formula is C14H16N2O2S2. The van der Waals surface area contributed by atoms with Crippen molar-refractivity contribution in [3.8, 4) is 0 Å². The van der Waals surface area contributed by atoms with E-state index in [9.17, 15) is 9.59 Å². The first-order chi connectivity index (χ1) is 9.64. The van der Waals surface area contributed by atoms with E-state index in [4.69, 9.17) is 0 Å². The Morgan fingerprint density at radius 2 is 2.10 bits per heavy atom. The molecule has 2 fully saturated rings. The molecule has 3 rings (SSSR count). The predicted octanol–water partition coefficient (Wildman–Crippen LogP) is 2.34. The summed E-state index contributed by atoms with van der Waals surface area (Å²) in [7, 11) is 0. The summed E-state index contributed by atoms with van der Waals surface area (Å²) in [5, 5.41) is 2.88. The van der Waals surface area contributed by atoms with E-state index in [0.29, 0.717) is 12.3 Å². The number of carbonyl (C=O) groups is 2. The highest BCUT2D eigenvalue weighted by Gasteiger charge is 2.52. The Morgan fingerprint density at radius 1 is 1.35 bits per heavy atom. The number of nitrogens with zero attached hydrogens (tertiary/aromatic N) is 1. The van der Waals surface area contributed by atoms with Crippen LogP contribution >= 0.6 is 23.5 Å².